The summed E-state index contributed by atoms with van der Waals surface area (Å²) in [5.41, 5.74) is 0.470. The van der Waals surface area contributed by atoms with Crippen LogP contribution in [0.1, 0.15) is 32.0 Å². The molecule has 0 saturated carbocycles. The monoisotopic (exact) mass is 290 g/mol. The molecule has 0 radical (unpaired) electrons. The summed E-state index contributed by atoms with van der Waals surface area (Å²) in [6, 6.07) is 6.22. The zero-order chi connectivity index (χ0) is 15.8. The van der Waals surface area contributed by atoms with Gasteiger partial charge in [0.2, 0.25) is 0 Å². The number of nitrogens with zero attached hydrogens (tertiary/aromatic N) is 1. The van der Waals surface area contributed by atoms with Gasteiger partial charge in [0.1, 0.15) is 5.75 Å². The summed E-state index contributed by atoms with van der Waals surface area (Å²) in [4.78, 5) is 23.5. The predicted molar refractivity (Wildman–Crippen MR) is 78.1 cm³/mol. The van der Waals surface area contributed by atoms with Crippen LogP contribution in [0.5, 0.6) is 5.75 Å². The highest BCUT2D eigenvalue weighted by Gasteiger charge is 2.26. The Morgan fingerprint density at radius 3 is 2.52 bits per heavy atom. The molecule has 1 aromatic heterocycles. The summed E-state index contributed by atoms with van der Waals surface area (Å²) in [7, 11) is 0. The zero-order valence-electron chi connectivity index (χ0n) is 12.2. The molecule has 2 rings (SSSR count). The van der Waals surface area contributed by atoms with E-state index in [2.05, 4.69) is 5.10 Å². The molecule has 6 heteroatoms. The van der Waals surface area contributed by atoms with E-state index in [4.69, 9.17) is 5.11 Å². The summed E-state index contributed by atoms with van der Waals surface area (Å²) in [6.45, 7) is 5.70. The number of carboxylic acid groups (broad SMARTS) is 1. The van der Waals surface area contributed by atoms with Crippen LogP contribution in [0.15, 0.2) is 29.1 Å². The molecule has 3 N–H and O–H groups in total. The fourth-order valence-electron chi connectivity index (χ4n) is 2.22. The molecule has 0 amide bonds. The van der Waals surface area contributed by atoms with E-state index in [9.17, 15) is 14.7 Å². The van der Waals surface area contributed by atoms with Crippen molar-refractivity contribution in [3.63, 3.8) is 0 Å². The standard InChI is InChI=1S/C15H18N2O4/c1-15(2,3)13-11(8-12(19)20)14(21)17(16-13)9-5-4-6-10(18)7-9/h4-7,16,18H,8H2,1-3H3,(H,19,20). The Kier molecular flexibility index (Phi) is 3.63. The van der Waals surface area contributed by atoms with E-state index in [1.54, 1.807) is 12.1 Å². The number of aromatic nitrogens is 2. The Balaban J connectivity index is 2.67. The maximum atomic E-state index is 12.5. The Morgan fingerprint density at radius 2 is 2.00 bits per heavy atom. The number of hydrogen-bond acceptors (Lipinski definition) is 3. The first kappa shape index (κ1) is 14.9. The van der Waals surface area contributed by atoms with Crippen LogP contribution in [0.2, 0.25) is 0 Å². The van der Waals surface area contributed by atoms with Gasteiger partial charge in [-0.25, -0.2) is 4.68 Å². The molecule has 0 aliphatic heterocycles. The number of aliphatic carboxylic acids is 1. The molecule has 0 fully saturated rings. The maximum Gasteiger partial charge on any atom is 0.308 e. The van der Waals surface area contributed by atoms with Gasteiger partial charge in [-0.1, -0.05) is 26.8 Å². The third kappa shape index (κ3) is 2.99. The number of benzene rings is 1. The Morgan fingerprint density at radius 1 is 1.33 bits per heavy atom. The topological polar surface area (TPSA) is 95.3 Å². The summed E-state index contributed by atoms with van der Waals surface area (Å²) in [6.07, 6.45) is -0.340. The van der Waals surface area contributed by atoms with Crippen molar-refractivity contribution < 1.29 is 15.0 Å². The number of hydrogen-bond donors (Lipinski definition) is 3. The number of phenols is 1. The average molecular weight is 290 g/mol. The van der Waals surface area contributed by atoms with Gasteiger partial charge in [-0.2, -0.15) is 0 Å². The van der Waals surface area contributed by atoms with E-state index in [1.807, 2.05) is 20.8 Å². The van der Waals surface area contributed by atoms with Crippen LogP contribution in [0.25, 0.3) is 5.69 Å². The molecule has 0 aliphatic carbocycles. The highest BCUT2D eigenvalue weighted by atomic mass is 16.4. The number of aromatic amines is 1. The van der Waals surface area contributed by atoms with Gasteiger partial charge in [-0.15, -0.1) is 0 Å². The van der Waals surface area contributed by atoms with Crippen molar-refractivity contribution in [2.24, 2.45) is 0 Å². The third-order valence-electron chi connectivity index (χ3n) is 3.15. The molecule has 0 spiro atoms. The van der Waals surface area contributed by atoms with Crippen LogP contribution in [-0.2, 0) is 16.6 Å². The minimum absolute atomic E-state index is 0.0334. The average Bonchev–Trinajstić information content (AvgIpc) is 2.66. The molecule has 1 heterocycles. The summed E-state index contributed by atoms with van der Waals surface area (Å²) < 4.78 is 1.26. The largest absolute Gasteiger partial charge is 0.508 e. The van der Waals surface area contributed by atoms with E-state index >= 15 is 0 Å². The normalized spacial score (nSPS) is 11.6. The molecule has 6 nitrogen and oxygen atoms in total. The van der Waals surface area contributed by atoms with Gasteiger partial charge in [-0.05, 0) is 12.1 Å². The fourth-order valence-corrected chi connectivity index (χ4v) is 2.22. The molecule has 21 heavy (non-hydrogen) atoms. The predicted octanol–water partition coefficient (Wildman–Crippen LogP) is 1.80. The van der Waals surface area contributed by atoms with E-state index in [1.165, 1.54) is 16.8 Å². The first-order valence-corrected chi connectivity index (χ1v) is 6.55. The van der Waals surface area contributed by atoms with Gasteiger partial charge < -0.3 is 10.2 Å². The minimum atomic E-state index is -1.06. The number of carboxylic acids is 1. The van der Waals surface area contributed by atoms with Crippen LogP contribution in [0.3, 0.4) is 0 Å². The van der Waals surface area contributed by atoms with Gasteiger partial charge in [-0.3, -0.25) is 14.7 Å². The summed E-state index contributed by atoms with van der Waals surface area (Å²) in [5.74, 6) is -1.02. The molecule has 0 unspecified atom stereocenters. The lowest BCUT2D eigenvalue weighted by molar-refractivity contribution is -0.136. The highest BCUT2D eigenvalue weighted by molar-refractivity contribution is 5.70. The first-order chi connectivity index (χ1) is 9.70. The minimum Gasteiger partial charge on any atom is -0.508 e. The molecule has 0 atom stereocenters. The van der Waals surface area contributed by atoms with Crippen LogP contribution in [0, 0.1) is 0 Å². The number of rotatable bonds is 3. The summed E-state index contributed by atoms with van der Waals surface area (Å²) in [5, 5.41) is 21.5. The van der Waals surface area contributed by atoms with Crippen molar-refractivity contribution in [3.05, 3.63) is 45.9 Å². The number of H-pyrrole nitrogens is 1. The Labute approximate surface area is 121 Å². The Bertz CT molecular complexity index is 735. The summed E-state index contributed by atoms with van der Waals surface area (Å²) >= 11 is 0. The van der Waals surface area contributed by atoms with E-state index in [0.29, 0.717) is 11.4 Å². The smallest absolute Gasteiger partial charge is 0.308 e. The Hall–Kier alpha value is -2.50. The lowest BCUT2D eigenvalue weighted by Gasteiger charge is -2.17. The van der Waals surface area contributed by atoms with Crippen molar-refractivity contribution in [2.75, 3.05) is 0 Å². The number of aromatic hydroxyl groups is 1. The van der Waals surface area contributed by atoms with Gasteiger partial charge in [0.15, 0.2) is 0 Å². The SMILES string of the molecule is CC(C)(C)c1[nH]n(-c2cccc(O)c2)c(=O)c1CC(=O)O. The van der Waals surface area contributed by atoms with Crippen molar-refractivity contribution in [3.8, 4) is 11.4 Å². The van der Waals surface area contributed by atoms with E-state index in [0.717, 1.165) is 0 Å². The molecule has 112 valence electrons. The van der Waals surface area contributed by atoms with E-state index in [-0.39, 0.29) is 17.7 Å². The number of carbonyl (C=O) groups is 1. The van der Waals surface area contributed by atoms with Crippen molar-refractivity contribution in [2.45, 2.75) is 32.6 Å². The van der Waals surface area contributed by atoms with Crippen molar-refractivity contribution >= 4 is 5.97 Å². The second-order valence-corrected chi connectivity index (χ2v) is 5.95. The quantitative estimate of drug-likeness (QED) is 0.803. The molecular weight excluding hydrogens is 272 g/mol. The first-order valence-electron chi connectivity index (χ1n) is 6.55. The number of phenolic OH excluding ortho intramolecular Hbond substituents is 1. The van der Waals surface area contributed by atoms with Crippen molar-refractivity contribution in [1.29, 1.82) is 0 Å². The van der Waals surface area contributed by atoms with Gasteiger partial charge in [0, 0.05) is 17.2 Å². The second kappa shape index (κ2) is 5.12. The van der Waals surface area contributed by atoms with Crippen LogP contribution < -0.4 is 5.56 Å². The third-order valence-corrected chi connectivity index (χ3v) is 3.15. The molecule has 0 aliphatic rings. The molecule has 1 aromatic carbocycles. The van der Waals surface area contributed by atoms with Gasteiger partial charge in [0.05, 0.1) is 17.7 Å². The molecule has 0 bridgehead atoms. The van der Waals surface area contributed by atoms with Gasteiger partial charge in [0.25, 0.3) is 5.56 Å². The van der Waals surface area contributed by atoms with E-state index < -0.39 is 16.9 Å². The van der Waals surface area contributed by atoms with Crippen LogP contribution in [-0.4, -0.2) is 26.0 Å². The van der Waals surface area contributed by atoms with Crippen molar-refractivity contribution in [1.82, 2.24) is 9.78 Å². The number of nitrogens with one attached hydrogen (secondary N) is 1. The van der Waals surface area contributed by atoms with Crippen LogP contribution in [0.4, 0.5) is 0 Å². The molecular formula is C15H18N2O4. The van der Waals surface area contributed by atoms with Gasteiger partial charge >= 0.3 is 5.97 Å². The molecule has 0 saturated heterocycles. The lowest BCUT2D eigenvalue weighted by Crippen LogP contribution is -2.21. The van der Waals surface area contributed by atoms with Crippen LogP contribution >= 0.6 is 0 Å². The molecule has 2 aromatic rings. The zero-order valence-corrected chi connectivity index (χ0v) is 12.2. The second-order valence-electron chi connectivity index (χ2n) is 5.95. The highest BCUT2D eigenvalue weighted by Crippen LogP contribution is 2.24. The maximum absolute atomic E-state index is 12.5. The fraction of sp³-hybridized carbons (Fsp3) is 0.333. The lowest BCUT2D eigenvalue weighted by atomic mass is 9.89.